The predicted octanol–water partition coefficient (Wildman–Crippen LogP) is 1.49. The van der Waals surface area contributed by atoms with Crippen LogP contribution in [-0.2, 0) is 4.74 Å². The zero-order valence-electron chi connectivity index (χ0n) is 9.47. The normalized spacial score (nSPS) is 32.1. The van der Waals surface area contributed by atoms with Crippen molar-refractivity contribution in [1.29, 1.82) is 0 Å². The van der Waals surface area contributed by atoms with Gasteiger partial charge in [0.05, 0.1) is 4.92 Å². The van der Waals surface area contributed by atoms with Crippen molar-refractivity contribution in [3.05, 3.63) is 33.9 Å². The Morgan fingerprint density at radius 1 is 1.47 bits per heavy atom. The van der Waals surface area contributed by atoms with Gasteiger partial charge in [0.1, 0.15) is 17.5 Å². The number of hydrogen-bond donors (Lipinski definition) is 1. The summed E-state index contributed by atoms with van der Waals surface area (Å²) >= 11 is 0. The molecule has 90 valence electrons. The smallest absolute Gasteiger partial charge is 0.270 e. The number of nitro groups is 1. The van der Waals surface area contributed by atoms with E-state index in [9.17, 15) is 10.1 Å². The first kappa shape index (κ1) is 10.5. The van der Waals surface area contributed by atoms with Gasteiger partial charge in [-0.25, -0.2) is 0 Å². The molecule has 0 saturated carbocycles. The van der Waals surface area contributed by atoms with Crippen molar-refractivity contribution in [2.24, 2.45) is 5.73 Å². The lowest BCUT2D eigenvalue weighted by Crippen LogP contribution is -2.53. The van der Waals surface area contributed by atoms with Gasteiger partial charge in [-0.1, -0.05) is 0 Å². The number of hydrogen-bond acceptors (Lipinski definition) is 5. The number of ether oxygens (including phenoxy) is 2. The molecule has 0 spiro atoms. The molecule has 2 unspecified atom stereocenters. The van der Waals surface area contributed by atoms with Crippen LogP contribution in [0.15, 0.2) is 18.2 Å². The summed E-state index contributed by atoms with van der Waals surface area (Å²) in [5, 5.41) is 10.7. The quantitative estimate of drug-likeness (QED) is 0.453. The first-order valence-electron chi connectivity index (χ1n) is 5.29. The van der Waals surface area contributed by atoms with Crippen molar-refractivity contribution >= 4 is 5.69 Å². The number of epoxide rings is 1. The fourth-order valence-corrected chi connectivity index (χ4v) is 2.22. The van der Waals surface area contributed by atoms with E-state index in [1.54, 1.807) is 6.07 Å². The Kier molecular flexibility index (Phi) is 1.71. The van der Waals surface area contributed by atoms with Gasteiger partial charge in [0.15, 0.2) is 5.72 Å². The summed E-state index contributed by atoms with van der Waals surface area (Å²) in [7, 11) is 0. The Morgan fingerprint density at radius 2 is 2.18 bits per heavy atom. The van der Waals surface area contributed by atoms with Crippen molar-refractivity contribution < 1.29 is 14.4 Å². The third-order valence-electron chi connectivity index (χ3n) is 3.44. The topological polar surface area (TPSA) is 90.9 Å². The van der Waals surface area contributed by atoms with Gasteiger partial charge in [-0.05, 0) is 19.9 Å². The monoisotopic (exact) mass is 236 g/mol. The number of nitrogens with zero attached hydrogens (tertiary/aromatic N) is 1. The van der Waals surface area contributed by atoms with Crippen LogP contribution in [0.4, 0.5) is 5.69 Å². The first-order chi connectivity index (χ1) is 7.85. The summed E-state index contributed by atoms with van der Waals surface area (Å²) in [6.07, 6.45) is -0.318. The Morgan fingerprint density at radius 3 is 2.82 bits per heavy atom. The van der Waals surface area contributed by atoms with Gasteiger partial charge in [0.25, 0.3) is 5.69 Å². The highest BCUT2D eigenvalue weighted by Crippen LogP contribution is 2.59. The van der Waals surface area contributed by atoms with Crippen molar-refractivity contribution in [3.63, 3.8) is 0 Å². The average Bonchev–Trinajstić information content (AvgIpc) is 2.92. The van der Waals surface area contributed by atoms with Gasteiger partial charge in [0.2, 0.25) is 0 Å². The lowest BCUT2D eigenvalue weighted by molar-refractivity contribution is -0.385. The van der Waals surface area contributed by atoms with E-state index in [0.29, 0.717) is 11.3 Å². The van der Waals surface area contributed by atoms with Gasteiger partial charge < -0.3 is 9.47 Å². The van der Waals surface area contributed by atoms with Gasteiger partial charge >= 0.3 is 0 Å². The summed E-state index contributed by atoms with van der Waals surface area (Å²) in [5.74, 6) is 0.601. The molecule has 17 heavy (non-hydrogen) atoms. The molecule has 1 fully saturated rings. The Bertz CT molecular complexity index is 528. The Labute approximate surface area is 97.5 Å². The van der Waals surface area contributed by atoms with Crippen LogP contribution >= 0.6 is 0 Å². The molecule has 6 nitrogen and oxygen atoms in total. The van der Waals surface area contributed by atoms with Crippen LogP contribution in [0.3, 0.4) is 0 Å². The molecule has 1 saturated heterocycles. The molecular formula is C11H12N2O4. The molecule has 6 heteroatoms. The van der Waals surface area contributed by atoms with Gasteiger partial charge in [-0.3, -0.25) is 15.8 Å². The van der Waals surface area contributed by atoms with E-state index in [0.717, 1.165) is 0 Å². The van der Waals surface area contributed by atoms with E-state index < -0.39 is 16.2 Å². The van der Waals surface area contributed by atoms with Crippen molar-refractivity contribution in [2.45, 2.75) is 31.3 Å². The molecule has 2 aliphatic rings. The number of rotatable bonds is 1. The highest BCUT2D eigenvalue weighted by atomic mass is 16.7. The van der Waals surface area contributed by atoms with Crippen LogP contribution < -0.4 is 10.5 Å². The fraction of sp³-hybridized carbons (Fsp3) is 0.455. The minimum absolute atomic E-state index is 0.0184. The van der Waals surface area contributed by atoms with Crippen molar-refractivity contribution in [2.75, 3.05) is 0 Å². The second-order valence-corrected chi connectivity index (χ2v) is 4.88. The molecule has 1 aromatic rings. The van der Waals surface area contributed by atoms with Gasteiger partial charge in [-0.2, -0.15) is 0 Å². The van der Waals surface area contributed by atoms with E-state index in [1.165, 1.54) is 12.1 Å². The fourth-order valence-electron chi connectivity index (χ4n) is 2.22. The predicted molar refractivity (Wildman–Crippen MR) is 58.5 cm³/mol. The summed E-state index contributed by atoms with van der Waals surface area (Å²) in [5.41, 5.74) is 5.21. The summed E-state index contributed by atoms with van der Waals surface area (Å²) < 4.78 is 11.2. The van der Waals surface area contributed by atoms with E-state index >= 15 is 0 Å². The van der Waals surface area contributed by atoms with Crippen LogP contribution in [0, 0.1) is 10.1 Å². The first-order valence-corrected chi connectivity index (χ1v) is 5.29. The molecule has 2 heterocycles. The maximum atomic E-state index is 10.7. The Hall–Kier alpha value is -1.66. The van der Waals surface area contributed by atoms with E-state index in [1.807, 2.05) is 13.8 Å². The zero-order chi connectivity index (χ0) is 12.4. The van der Waals surface area contributed by atoms with Crippen LogP contribution in [0.5, 0.6) is 5.75 Å². The number of nitrogens with two attached hydrogens (primary N) is 1. The standard InChI is InChI=1S/C11H12N2O4/c1-10(2)11(12)9(17-11)7-5-6(13(14)15)3-4-8(7)16-10/h3-5,9H,12H2,1-2H3. The van der Waals surface area contributed by atoms with Gasteiger partial charge in [-0.15, -0.1) is 0 Å². The minimum Gasteiger partial charge on any atom is -0.483 e. The number of nitro benzene ring substituents is 1. The average molecular weight is 236 g/mol. The largest absolute Gasteiger partial charge is 0.483 e. The molecule has 3 rings (SSSR count). The second kappa shape index (κ2) is 2.77. The van der Waals surface area contributed by atoms with Crippen molar-refractivity contribution in [1.82, 2.24) is 0 Å². The van der Waals surface area contributed by atoms with E-state index in [2.05, 4.69) is 0 Å². The van der Waals surface area contributed by atoms with Gasteiger partial charge in [0, 0.05) is 17.7 Å². The number of fused-ring (bicyclic) bond motifs is 3. The lowest BCUT2D eigenvalue weighted by atomic mass is 9.89. The molecule has 2 aliphatic heterocycles. The van der Waals surface area contributed by atoms with Crippen molar-refractivity contribution in [3.8, 4) is 5.75 Å². The summed E-state index contributed by atoms with van der Waals surface area (Å²) in [6.45, 7) is 3.69. The maximum Gasteiger partial charge on any atom is 0.270 e. The number of benzene rings is 1. The highest BCUT2D eigenvalue weighted by molar-refractivity contribution is 5.50. The zero-order valence-corrected chi connectivity index (χ0v) is 9.47. The number of non-ortho nitro benzene ring substituents is 1. The molecule has 2 N–H and O–H groups in total. The molecule has 2 atom stereocenters. The van der Waals surface area contributed by atoms with Crippen LogP contribution in [0.2, 0.25) is 0 Å². The SMILES string of the molecule is CC1(C)Oc2ccc([N+](=O)[O-])cc2C2OC21N. The second-order valence-electron chi connectivity index (χ2n) is 4.88. The van der Waals surface area contributed by atoms with E-state index in [-0.39, 0.29) is 11.8 Å². The molecule has 0 amide bonds. The highest BCUT2D eigenvalue weighted by Gasteiger charge is 2.68. The lowest BCUT2D eigenvalue weighted by Gasteiger charge is -2.34. The molecule has 1 aromatic carbocycles. The summed E-state index contributed by atoms with van der Waals surface area (Å²) in [4.78, 5) is 10.3. The third-order valence-corrected chi connectivity index (χ3v) is 3.44. The third kappa shape index (κ3) is 1.22. The maximum absolute atomic E-state index is 10.7. The Balaban J connectivity index is 2.10. The molecule has 0 aliphatic carbocycles. The minimum atomic E-state index is -0.880. The molecular weight excluding hydrogens is 224 g/mol. The van der Waals surface area contributed by atoms with E-state index in [4.69, 9.17) is 15.2 Å². The van der Waals surface area contributed by atoms with Crippen LogP contribution in [-0.4, -0.2) is 16.2 Å². The molecule has 0 bridgehead atoms. The summed E-state index contributed by atoms with van der Waals surface area (Å²) in [6, 6.07) is 4.47. The molecule has 0 aromatic heterocycles. The van der Waals surface area contributed by atoms with Crippen LogP contribution in [0.1, 0.15) is 25.5 Å². The molecule has 0 radical (unpaired) electrons. The van der Waals surface area contributed by atoms with Crippen LogP contribution in [0.25, 0.3) is 0 Å².